The molecule has 0 spiro atoms. The zero-order valence-electron chi connectivity index (χ0n) is 7.27. The maximum Gasteiger partial charge on any atom is 0.183 e. The number of Topliss-reactive ketones (excluding diaryl/α,β-unsaturated/α-hetero) is 1. The van der Waals surface area contributed by atoms with Crippen molar-refractivity contribution in [2.24, 2.45) is 0 Å². The molecular weight excluding hydrogens is 216 g/mol. The number of aromatic nitrogens is 2. The van der Waals surface area contributed by atoms with E-state index in [0.29, 0.717) is 5.75 Å². The van der Waals surface area contributed by atoms with E-state index in [9.17, 15) is 4.79 Å². The third kappa shape index (κ3) is 2.24. The fourth-order valence-corrected chi connectivity index (χ4v) is 2.44. The molecule has 1 N–H and O–H groups in total. The Bertz CT molecular complexity index is 394. The van der Waals surface area contributed by atoms with Gasteiger partial charge in [-0.2, -0.15) is 0 Å². The Morgan fingerprint density at radius 2 is 2.57 bits per heavy atom. The van der Waals surface area contributed by atoms with Gasteiger partial charge in [0.15, 0.2) is 10.9 Å². The number of nitrogens with one attached hydrogen (secondary N) is 1. The van der Waals surface area contributed by atoms with E-state index in [4.69, 9.17) is 0 Å². The van der Waals surface area contributed by atoms with Crippen LogP contribution in [0.15, 0.2) is 35.1 Å². The summed E-state index contributed by atoms with van der Waals surface area (Å²) in [4.78, 5) is 19.3. The van der Waals surface area contributed by atoms with Crippen molar-refractivity contribution < 1.29 is 4.79 Å². The van der Waals surface area contributed by atoms with Crippen LogP contribution in [-0.2, 0) is 0 Å². The van der Waals surface area contributed by atoms with Gasteiger partial charge in [0.25, 0.3) is 0 Å². The molecule has 0 aliphatic heterocycles. The van der Waals surface area contributed by atoms with E-state index >= 15 is 0 Å². The smallest absolute Gasteiger partial charge is 0.183 e. The Balaban J connectivity index is 1.90. The van der Waals surface area contributed by atoms with Gasteiger partial charge in [-0.25, -0.2) is 4.98 Å². The van der Waals surface area contributed by atoms with Gasteiger partial charge in [-0.15, -0.1) is 11.3 Å². The van der Waals surface area contributed by atoms with Gasteiger partial charge in [0.1, 0.15) is 0 Å². The molecule has 0 bridgehead atoms. The van der Waals surface area contributed by atoms with Crippen LogP contribution < -0.4 is 0 Å². The number of carbonyl (C=O) groups excluding carboxylic acids is 1. The predicted molar refractivity (Wildman–Crippen MR) is 58.0 cm³/mol. The largest absolute Gasteiger partial charge is 0.340 e. The summed E-state index contributed by atoms with van der Waals surface area (Å²) in [6.07, 6.45) is 3.43. The van der Waals surface area contributed by atoms with E-state index in [2.05, 4.69) is 9.97 Å². The van der Waals surface area contributed by atoms with Crippen molar-refractivity contribution in [2.45, 2.75) is 5.16 Å². The lowest BCUT2D eigenvalue weighted by Gasteiger charge is -1.94. The van der Waals surface area contributed by atoms with Crippen LogP contribution in [0.5, 0.6) is 0 Å². The highest BCUT2D eigenvalue weighted by atomic mass is 32.2. The Morgan fingerprint density at radius 1 is 1.64 bits per heavy atom. The number of thiophene rings is 1. The van der Waals surface area contributed by atoms with E-state index in [-0.39, 0.29) is 5.78 Å². The molecule has 0 aliphatic carbocycles. The van der Waals surface area contributed by atoms with Crippen LogP contribution in [0.2, 0.25) is 0 Å². The maximum atomic E-state index is 11.5. The van der Waals surface area contributed by atoms with Gasteiger partial charge in [0.2, 0.25) is 0 Å². The molecular formula is C9H8N2OS2. The number of ketones is 1. The van der Waals surface area contributed by atoms with Crippen LogP contribution in [0.25, 0.3) is 0 Å². The Kier molecular flexibility index (Phi) is 3.00. The van der Waals surface area contributed by atoms with Crippen molar-refractivity contribution in [2.75, 3.05) is 5.75 Å². The van der Waals surface area contributed by atoms with E-state index in [0.717, 1.165) is 10.0 Å². The first kappa shape index (κ1) is 9.48. The molecule has 2 aromatic heterocycles. The van der Waals surface area contributed by atoms with Crippen LogP contribution in [0, 0.1) is 0 Å². The summed E-state index contributed by atoms with van der Waals surface area (Å²) in [5, 5.41) is 2.69. The van der Waals surface area contributed by atoms with Crippen molar-refractivity contribution in [3.63, 3.8) is 0 Å². The van der Waals surface area contributed by atoms with Crippen LogP contribution in [-0.4, -0.2) is 21.5 Å². The Hall–Kier alpha value is -1.07. The third-order valence-corrected chi connectivity index (χ3v) is 3.42. The minimum absolute atomic E-state index is 0.154. The zero-order chi connectivity index (χ0) is 9.80. The first-order valence-corrected chi connectivity index (χ1v) is 5.91. The summed E-state index contributed by atoms with van der Waals surface area (Å²) in [5.74, 6) is 0.593. The molecule has 0 unspecified atom stereocenters. The molecule has 2 rings (SSSR count). The minimum Gasteiger partial charge on any atom is -0.340 e. The average molecular weight is 224 g/mol. The molecule has 0 radical (unpaired) electrons. The molecule has 0 fully saturated rings. The molecule has 5 heteroatoms. The highest BCUT2D eigenvalue weighted by molar-refractivity contribution is 7.99. The summed E-state index contributed by atoms with van der Waals surface area (Å²) < 4.78 is 0. The zero-order valence-corrected chi connectivity index (χ0v) is 8.90. The average Bonchev–Trinajstić information content (AvgIpc) is 2.87. The second-order valence-electron chi connectivity index (χ2n) is 2.58. The molecule has 3 nitrogen and oxygen atoms in total. The van der Waals surface area contributed by atoms with Crippen molar-refractivity contribution in [1.82, 2.24) is 9.97 Å². The molecule has 0 saturated carbocycles. The predicted octanol–water partition coefficient (Wildman–Crippen LogP) is 2.45. The SMILES string of the molecule is O=C(CSc1ncc[nH]1)c1cccs1. The summed E-state index contributed by atoms with van der Waals surface area (Å²) >= 11 is 2.90. The summed E-state index contributed by atoms with van der Waals surface area (Å²) in [7, 11) is 0. The normalized spacial score (nSPS) is 10.3. The first-order valence-electron chi connectivity index (χ1n) is 4.05. The molecule has 2 heterocycles. The van der Waals surface area contributed by atoms with Gasteiger partial charge in [-0.05, 0) is 11.4 Å². The van der Waals surface area contributed by atoms with E-state index in [1.54, 1.807) is 12.4 Å². The fraction of sp³-hybridized carbons (Fsp3) is 0.111. The molecule has 0 atom stereocenters. The monoisotopic (exact) mass is 224 g/mol. The summed E-state index contributed by atoms with van der Waals surface area (Å²) in [5.41, 5.74) is 0. The van der Waals surface area contributed by atoms with Crippen molar-refractivity contribution in [3.8, 4) is 0 Å². The third-order valence-electron chi connectivity index (χ3n) is 1.61. The van der Waals surface area contributed by atoms with Crippen molar-refractivity contribution >= 4 is 28.9 Å². The second kappa shape index (κ2) is 4.43. The molecule has 72 valence electrons. The standard InChI is InChI=1S/C9H8N2OS2/c12-7(8-2-1-5-13-8)6-14-9-10-3-4-11-9/h1-5H,6H2,(H,10,11). The van der Waals surface area contributed by atoms with Crippen LogP contribution >= 0.6 is 23.1 Å². The van der Waals surface area contributed by atoms with E-state index in [1.807, 2.05) is 17.5 Å². The molecule has 2 aromatic rings. The van der Waals surface area contributed by atoms with E-state index < -0.39 is 0 Å². The van der Waals surface area contributed by atoms with Crippen LogP contribution in [0.3, 0.4) is 0 Å². The lowest BCUT2D eigenvalue weighted by atomic mass is 10.4. The second-order valence-corrected chi connectivity index (χ2v) is 4.50. The van der Waals surface area contributed by atoms with Gasteiger partial charge in [-0.3, -0.25) is 4.79 Å². The highest BCUT2D eigenvalue weighted by Crippen LogP contribution is 2.16. The van der Waals surface area contributed by atoms with Crippen LogP contribution in [0.1, 0.15) is 9.67 Å². The molecule has 0 saturated heterocycles. The number of hydrogen-bond donors (Lipinski definition) is 1. The van der Waals surface area contributed by atoms with Gasteiger partial charge in [-0.1, -0.05) is 17.8 Å². The number of imidazole rings is 1. The molecule has 0 amide bonds. The van der Waals surface area contributed by atoms with Gasteiger partial charge < -0.3 is 4.98 Å². The quantitative estimate of drug-likeness (QED) is 0.641. The lowest BCUT2D eigenvalue weighted by Crippen LogP contribution is -1.99. The van der Waals surface area contributed by atoms with Gasteiger partial charge in [0, 0.05) is 12.4 Å². The van der Waals surface area contributed by atoms with Crippen LogP contribution in [0.4, 0.5) is 0 Å². The molecule has 14 heavy (non-hydrogen) atoms. The number of rotatable bonds is 4. The fourth-order valence-electron chi connectivity index (χ4n) is 0.972. The lowest BCUT2D eigenvalue weighted by molar-refractivity contribution is 0.102. The molecule has 0 aliphatic rings. The van der Waals surface area contributed by atoms with Crippen molar-refractivity contribution in [3.05, 3.63) is 34.8 Å². The number of nitrogens with zero attached hydrogens (tertiary/aromatic N) is 1. The number of carbonyl (C=O) groups is 1. The summed E-state index contributed by atoms with van der Waals surface area (Å²) in [6.45, 7) is 0. The van der Waals surface area contributed by atoms with E-state index in [1.165, 1.54) is 23.1 Å². The number of H-pyrrole nitrogens is 1. The summed E-state index contributed by atoms with van der Waals surface area (Å²) in [6, 6.07) is 3.73. The highest BCUT2D eigenvalue weighted by Gasteiger charge is 2.07. The number of thioether (sulfide) groups is 1. The topological polar surface area (TPSA) is 45.8 Å². The number of hydrogen-bond acceptors (Lipinski definition) is 4. The van der Waals surface area contributed by atoms with Crippen molar-refractivity contribution in [1.29, 1.82) is 0 Å². The van der Waals surface area contributed by atoms with Gasteiger partial charge in [0.05, 0.1) is 10.6 Å². The molecule has 0 aromatic carbocycles. The Morgan fingerprint density at radius 3 is 3.21 bits per heavy atom. The Labute approximate surface area is 89.6 Å². The maximum absolute atomic E-state index is 11.5. The first-order chi connectivity index (χ1) is 6.86. The minimum atomic E-state index is 0.154. The number of aromatic amines is 1. The van der Waals surface area contributed by atoms with Gasteiger partial charge >= 0.3 is 0 Å².